The summed E-state index contributed by atoms with van der Waals surface area (Å²) in [5.74, 6) is -6.05. The van der Waals surface area contributed by atoms with Crippen molar-refractivity contribution in [3.8, 4) is 5.75 Å². The topological polar surface area (TPSA) is 391 Å². The fraction of sp³-hybridized carbons (Fsp3) is 0.597. The Bertz CT molecular complexity index is 3560. The minimum atomic E-state index is -1.01. The summed E-state index contributed by atoms with van der Waals surface area (Å²) in [5, 5.41) is 20.7. The van der Waals surface area contributed by atoms with Gasteiger partial charge in [-0.25, -0.2) is 14.4 Å². The van der Waals surface area contributed by atoms with Gasteiger partial charge in [0, 0.05) is 96.0 Å². The van der Waals surface area contributed by atoms with Gasteiger partial charge in [-0.1, -0.05) is 105 Å². The number of Topliss-reactive ketones (excluding diaryl/α,β-unsaturated/α-hetero) is 2. The summed E-state index contributed by atoms with van der Waals surface area (Å²) in [5.41, 5.74) is 6.54. The lowest BCUT2D eigenvalue weighted by Crippen LogP contribution is -2.59. The first-order valence-corrected chi connectivity index (χ1v) is 36.8. The lowest BCUT2D eigenvalue weighted by atomic mass is 9.89. The Labute approximate surface area is 628 Å². The van der Waals surface area contributed by atoms with Crippen LogP contribution in [0.15, 0.2) is 72.8 Å². The molecule has 0 spiro atoms. The largest absolute Gasteiger partial charge is 0.497 e. The molecule has 30 nitrogen and oxygen atoms in total. The summed E-state index contributed by atoms with van der Waals surface area (Å²) in [6.45, 7) is 16.1. The van der Waals surface area contributed by atoms with Gasteiger partial charge in [-0.2, -0.15) is 0 Å². The standard InChI is InChI=1S/C77H114N12O18/c1-16-48(8)69(87(12)74(99)67(46(4)5)85-73(98)68(47(6)7)86(10)11)61(104-14)41-65(95)89-43-57(40-58(89)70(105-15)49(9)71(96)82-42-60(91)53-26-25-52-38-56(103-13)30-27-51(52)37-53)107-77(102)81-35-34-80-76(101)106-44-50-23-28-55(29-24-50)83-72(97)54(21-20-33-79-75(78)100)39-59(90)66(45(2)3)84-62(92)22-18-17-19-36-88-63(93)31-32-64(88)94/h23-32,37-38,45-49,54,57-58,61,66-70H,16-22,33-36,39-44H2,1-15H3,(H,80,101)(H,81,102)(H,82,96)(H,83,97)(H,84,92)(H,85,98)(H3,78,79,100)/t48-,49+,54?,57-,58-,61+,66-,67-,68-,69?,70+/m0/s1. The van der Waals surface area contributed by atoms with Crippen molar-refractivity contribution in [3.63, 3.8) is 0 Å². The van der Waals surface area contributed by atoms with Crippen molar-refractivity contribution in [3.05, 3.63) is 83.9 Å². The molecule has 9 N–H and O–H groups in total. The lowest BCUT2D eigenvalue weighted by molar-refractivity contribution is -0.148. The molecule has 1 saturated heterocycles. The third kappa shape index (κ3) is 26.7. The fourth-order valence-corrected chi connectivity index (χ4v) is 13.6. The number of likely N-dealkylation sites (N-methyl/N-ethyl adjacent to an activating group) is 2. The molecule has 2 unspecified atom stereocenters. The van der Waals surface area contributed by atoms with Crippen LogP contribution >= 0.6 is 0 Å². The third-order valence-electron chi connectivity index (χ3n) is 19.6. The summed E-state index contributed by atoms with van der Waals surface area (Å²) in [6, 6.07) is 12.4. The Morgan fingerprint density at radius 2 is 1.31 bits per heavy atom. The van der Waals surface area contributed by atoms with Gasteiger partial charge in [-0.3, -0.25) is 57.7 Å². The molecule has 0 radical (unpaired) electrons. The highest BCUT2D eigenvalue weighted by Gasteiger charge is 2.47. The van der Waals surface area contributed by atoms with Crippen molar-refractivity contribution in [2.24, 2.45) is 41.2 Å². The van der Waals surface area contributed by atoms with Crippen LogP contribution < -0.4 is 47.7 Å². The van der Waals surface area contributed by atoms with Gasteiger partial charge in [0.05, 0.1) is 68.9 Å². The quantitative estimate of drug-likeness (QED) is 0.0182. The number of carbonyl (C=O) groups excluding carboxylic acids is 13. The summed E-state index contributed by atoms with van der Waals surface area (Å²) in [6.07, 6.45) is 0.125. The zero-order valence-corrected chi connectivity index (χ0v) is 64.7. The Kier molecular flexibility index (Phi) is 35.6. The number of anilines is 1. The lowest BCUT2D eigenvalue weighted by Gasteiger charge is -2.41. The van der Waals surface area contributed by atoms with Crippen molar-refractivity contribution in [2.45, 2.75) is 182 Å². The average molecular weight is 1500 g/mol. The van der Waals surface area contributed by atoms with Crippen LogP contribution in [0, 0.1) is 35.5 Å². The zero-order valence-electron chi connectivity index (χ0n) is 64.7. The van der Waals surface area contributed by atoms with E-state index in [2.05, 4.69) is 37.2 Å². The second kappa shape index (κ2) is 43.3. The van der Waals surface area contributed by atoms with Crippen molar-refractivity contribution >= 4 is 93.5 Å². The Morgan fingerprint density at radius 3 is 1.91 bits per heavy atom. The Morgan fingerprint density at radius 1 is 0.664 bits per heavy atom. The predicted molar refractivity (Wildman–Crippen MR) is 401 cm³/mol. The molecule has 0 aromatic heterocycles. The van der Waals surface area contributed by atoms with Gasteiger partial charge >= 0.3 is 18.2 Å². The Balaban J connectivity index is 1.20. The molecule has 3 aromatic carbocycles. The number of primary amides is 1. The van der Waals surface area contributed by atoms with E-state index in [1.165, 1.54) is 31.3 Å². The predicted octanol–water partition coefficient (Wildman–Crippen LogP) is 6.01. The number of rotatable bonds is 44. The molecule has 0 saturated carbocycles. The number of ether oxygens (including phenoxy) is 5. The molecule has 5 rings (SSSR count). The third-order valence-corrected chi connectivity index (χ3v) is 19.6. The molecule has 2 aliphatic heterocycles. The van der Waals surface area contributed by atoms with E-state index in [1.807, 2.05) is 58.6 Å². The minimum Gasteiger partial charge on any atom is -0.497 e. The summed E-state index contributed by atoms with van der Waals surface area (Å²) >= 11 is 0. The van der Waals surface area contributed by atoms with Gasteiger partial charge < -0.3 is 76.4 Å². The van der Waals surface area contributed by atoms with Gasteiger partial charge in [0.2, 0.25) is 35.4 Å². The van der Waals surface area contributed by atoms with Crippen molar-refractivity contribution < 1.29 is 86.0 Å². The number of benzene rings is 3. The molecular formula is C77H114N12O18. The number of nitrogens with two attached hydrogens (primary N) is 1. The number of methoxy groups -OCH3 is 3. The maximum Gasteiger partial charge on any atom is 0.407 e. The van der Waals surface area contributed by atoms with Crippen molar-refractivity contribution in [2.75, 3.05) is 87.1 Å². The van der Waals surface area contributed by atoms with Gasteiger partial charge in [0.25, 0.3) is 11.8 Å². The number of amides is 12. The highest BCUT2D eigenvalue weighted by molar-refractivity contribution is 6.13. The molecule has 2 aliphatic rings. The molecular weight excluding hydrogens is 1380 g/mol. The highest BCUT2D eigenvalue weighted by Crippen LogP contribution is 2.32. The molecule has 30 heteroatoms. The summed E-state index contributed by atoms with van der Waals surface area (Å²) < 4.78 is 28.9. The van der Waals surface area contributed by atoms with Crippen LogP contribution in [-0.2, 0) is 68.7 Å². The van der Waals surface area contributed by atoms with E-state index < -0.39 is 96.3 Å². The first-order chi connectivity index (χ1) is 50.7. The molecule has 12 amide bonds. The fourth-order valence-electron chi connectivity index (χ4n) is 13.6. The van der Waals surface area contributed by atoms with E-state index in [-0.39, 0.29) is 143 Å². The van der Waals surface area contributed by atoms with Gasteiger partial charge in [-0.05, 0) is 110 Å². The summed E-state index contributed by atoms with van der Waals surface area (Å²) in [4.78, 5) is 179. The van der Waals surface area contributed by atoms with Crippen LogP contribution in [0.1, 0.15) is 142 Å². The van der Waals surface area contributed by atoms with Crippen molar-refractivity contribution in [1.29, 1.82) is 0 Å². The normalized spacial score (nSPS) is 16.8. The maximum atomic E-state index is 15.1. The van der Waals surface area contributed by atoms with Crippen LogP contribution in [0.5, 0.6) is 5.75 Å². The number of ketones is 2. The number of fused-ring (bicyclic) bond motifs is 1. The number of imide groups is 1. The second-order valence-corrected chi connectivity index (χ2v) is 28.8. The molecule has 2 heterocycles. The smallest absolute Gasteiger partial charge is 0.407 e. The number of likely N-dealkylation sites (tertiary alicyclic amines) is 1. The number of nitrogens with zero attached hydrogens (tertiary/aromatic N) is 4. The van der Waals surface area contributed by atoms with E-state index >= 15 is 4.79 Å². The van der Waals surface area contributed by atoms with E-state index in [9.17, 15) is 57.5 Å². The number of hydrogen-bond acceptors (Lipinski definition) is 19. The van der Waals surface area contributed by atoms with Crippen LogP contribution in [0.3, 0.4) is 0 Å². The number of urea groups is 1. The molecule has 590 valence electrons. The second-order valence-electron chi connectivity index (χ2n) is 28.8. The molecule has 0 aliphatic carbocycles. The van der Waals surface area contributed by atoms with E-state index in [1.54, 1.807) is 102 Å². The van der Waals surface area contributed by atoms with Gasteiger partial charge in [-0.15, -0.1) is 0 Å². The van der Waals surface area contributed by atoms with Crippen LogP contribution in [-0.4, -0.2) is 227 Å². The minimum absolute atomic E-state index is 0.0132. The average Bonchev–Trinajstić information content (AvgIpc) is 1.69. The first kappa shape index (κ1) is 88.1. The highest BCUT2D eigenvalue weighted by atomic mass is 16.6. The number of carbonyl (C=O) groups is 13. The van der Waals surface area contributed by atoms with E-state index in [4.69, 9.17) is 29.4 Å². The first-order valence-electron chi connectivity index (χ1n) is 36.8. The van der Waals surface area contributed by atoms with Crippen LogP contribution in [0.25, 0.3) is 10.8 Å². The SMILES string of the molecule is CC[C@H](C)C([C@@H](CC(=O)N1C[C@@H](OC(=O)NCCNC(=O)OCc2ccc(NC(=O)C(CCCNC(N)=O)CC(=O)[C@@H](NC(=O)CCCCCN3C(=O)C=CC3=O)C(C)C)cc2)C[C@H]1[C@H](OC)[C@@H](C)C(=O)NCC(=O)c1ccc2cc(OC)ccc2c1)OC)N(C)C(=O)[C@@H](NC(=O)[C@H](C(C)C)N(C)C)C(C)C. The number of nitrogens with one attached hydrogen (secondary N) is 7. The molecule has 0 bridgehead atoms. The Hall–Kier alpha value is -9.55. The molecule has 107 heavy (non-hydrogen) atoms. The maximum absolute atomic E-state index is 15.1. The van der Waals surface area contributed by atoms with E-state index in [0.29, 0.717) is 54.7 Å². The zero-order chi connectivity index (χ0) is 79.4. The number of alkyl carbamates (subject to hydrolysis) is 2. The van der Waals surface area contributed by atoms with Crippen LogP contribution in [0.4, 0.5) is 20.1 Å². The van der Waals surface area contributed by atoms with E-state index in [0.717, 1.165) is 15.7 Å². The molecule has 3 aromatic rings. The number of unbranched alkanes of at least 4 members (excludes halogenated alkanes) is 2. The van der Waals surface area contributed by atoms with Gasteiger partial charge in [0.1, 0.15) is 24.5 Å². The molecule has 1 fully saturated rings. The molecule has 11 atom stereocenters. The monoisotopic (exact) mass is 1490 g/mol. The van der Waals surface area contributed by atoms with Crippen molar-refractivity contribution in [1.82, 2.24) is 51.5 Å². The summed E-state index contributed by atoms with van der Waals surface area (Å²) in [7, 11) is 9.66. The van der Waals surface area contributed by atoms with Gasteiger partial charge in [0.15, 0.2) is 11.6 Å². The number of hydrogen-bond donors (Lipinski definition) is 8. The van der Waals surface area contributed by atoms with Crippen LogP contribution in [0.2, 0.25) is 0 Å².